The van der Waals surface area contributed by atoms with E-state index in [0.29, 0.717) is 5.70 Å². The molecule has 0 radical (unpaired) electrons. The van der Waals surface area contributed by atoms with Gasteiger partial charge in [-0.05, 0) is 25.7 Å². The van der Waals surface area contributed by atoms with Crippen molar-refractivity contribution in [3.05, 3.63) is 22.8 Å². The Morgan fingerprint density at radius 3 is 2.82 bits per heavy atom. The molecule has 0 saturated carbocycles. The van der Waals surface area contributed by atoms with Crippen molar-refractivity contribution in [3.8, 4) is 0 Å². The van der Waals surface area contributed by atoms with Crippen molar-refractivity contribution in [2.45, 2.75) is 45.7 Å². The van der Waals surface area contributed by atoms with Crippen LogP contribution in [0.25, 0.3) is 5.70 Å². The smallest absolute Gasteiger partial charge is 0.247 e. The van der Waals surface area contributed by atoms with E-state index in [9.17, 15) is 4.79 Å². The fourth-order valence-corrected chi connectivity index (χ4v) is 3.40. The molecule has 1 aromatic heterocycles. The summed E-state index contributed by atoms with van der Waals surface area (Å²) < 4.78 is 0. The number of nitrogens with zero attached hydrogens (tertiary/aromatic N) is 3. The van der Waals surface area contributed by atoms with Gasteiger partial charge in [0.1, 0.15) is 6.04 Å². The highest BCUT2D eigenvalue weighted by Gasteiger charge is 2.34. The van der Waals surface area contributed by atoms with Gasteiger partial charge in [-0.1, -0.05) is 13.8 Å². The Labute approximate surface area is 135 Å². The van der Waals surface area contributed by atoms with Gasteiger partial charge in [-0.15, -0.1) is 11.3 Å². The number of hydrazine groups is 1. The summed E-state index contributed by atoms with van der Waals surface area (Å²) in [6, 6.07) is -0.128. The standard InChI is InChI=1S/C15H25N5OS/c1-10(2)14(15(21)19-6-4-5-11(19)3)20(17)8-12(16)13-7-18-9-22-13/h7-11,14H,4-6,16-17H2,1-3H3/b12-8-. The fourth-order valence-electron chi connectivity index (χ4n) is 2.85. The van der Waals surface area contributed by atoms with Crippen molar-refractivity contribution >= 4 is 22.9 Å². The number of hydrogen-bond acceptors (Lipinski definition) is 6. The third kappa shape index (κ3) is 3.59. The molecule has 0 aliphatic carbocycles. The molecule has 4 N–H and O–H groups in total. The van der Waals surface area contributed by atoms with Crippen LogP contribution < -0.4 is 11.6 Å². The molecular weight excluding hydrogens is 298 g/mol. The summed E-state index contributed by atoms with van der Waals surface area (Å²) in [7, 11) is 0. The Kier molecular flexibility index (Phi) is 5.42. The maximum Gasteiger partial charge on any atom is 0.247 e. The first kappa shape index (κ1) is 16.8. The zero-order valence-corrected chi connectivity index (χ0v) is 14.2. The second-order valence-corrected chi connectivity index (χ2v) is 7.00. The van der Waals surface area contributed by atoms with Gasteiger partial charge in [0.15, 0.2) is 0 Å². The number of amides is 1. The second-order valence-electron chi connectivity index (χ2n) is 6.11. The first-order valence-electron chi connectivity index (χ1n) is 7.61. The molecule has 7 heteroatoms. The van der Waals surface area contributed by atoms with Crippen LogP contribution in [0.3, 0.4) is 0 Å². The molecule has 1 aromatic rings. The largest absolute Gasteiger partial charge is 0.396 e. The maximum atomic E-state index is 12.8. The number of nitrogens with two attached hydrogens (primary N) is 2. The Hall–Kier alpha value is -1.60. The van der Waals surface area contributed by atoms with Crippen LogP contribution >= 0.6 is 11.3 Å². The minimum Gasteiger partial charge on any atom is -0.396 e. The molecule has 22 heavy (non-hydrogen) atoms. The monoisotopic (exact) mass is 323 g/mol. The van der Waals surface area contributed by atoms with Gasteiger partial charge >= 0.3 is 0 Å². The molecule has 0 bridgehead atoms. The van der Waals surface area contributed by atoms with Crippen LogP contribution in [0.1, 0.15) is 38.5 Å². The van der Waals surface area contributed by atoms with Gasteiger partial charge in [0.05, 0.1) is 16.1 Å². The number of thiazole rings is 1. The van der Waals surface area contributed by atoms with Gasteiger partial charge in [0.2, 0.25) is 5.91 Å². The van der Waals surface area contributed by atoms with Gasteiger partial charge in [0.25, 0.3) is 0 Å². The molecule has 2 unspecified atom stereocenters. The minimum atomic E-state index is -0.410. The molecular formula is C15H25N5OS. The highest BCUT2D eigenvalue weighted by atomic mass is 32.1. The summed E-state index contributed by atoms with van der Waals surface area (Å²) in [6.45, 7) is 6.90. The summed E-state index contributed by atoms with van der Waals surface area (Å²) in [5.74, 6) is 6.33. The highest BCUT2D eigenvalue weighted by molar-refractivity contribution is 7.10. The third-order valence-electron chi connectivity index (χ3n) is 4.05. The summed E-state index contributed by atoms with van der Waals surface area (Å²) in [4.78, 5) is 19.6. The van der Waals surface area contributed by atoms with Gasteiger partial charge in [-0.25, -0.2) is 5.84 Å². The lowest BCUT2D eigenvalue weighted by Gasteiger charge is -2.34. The van der Waals surface area contributed by atoms with E-state index in [0.717, 1.165) is 24.3 Å². The van der Waals surface area contributed by atoms with Crippen LogP contribution in [-0.2, 0) is 4.79 Å². The molecule has 0 spiro atoms. The van der Waals surface area contributed by atoms with Crippen LogP contribution in [-0.4, -0.2) is 39.4 Å². The van der Waals surface area contributed by atoms with E-state index >= 15 is 0 Å². The van der Waals surface area contributed by atoms with E-state index in [-0.39, 0.29) is 17.9 Å². The second kappa shape index (κ2) is 7.11. The van der Waals surface area contributed by atoms with E-state index < -0.39 is 6.04 Å². The quantitative estimate of drug-likeness (QED) is 0.635. The summed E-state index contributed by atoms with van der Waals surface area (Å²) in [5.41, 5.74) is 8.29. The molecule has 1 aliphatic rings. The zero-order valence-electron chi connectivity index (χ0n) is 13.4. The Morgan fingerprint density at radius 1 is 1.59 bits per heavy atom. The lowest BCUT2D eigenvalue weighted by Crippen LogP contribution is -2.53. The highest BCUT2D eigenvalue weighted by Crippen LogP contribution is 2.22. The predicted molar refractivity (Wildman–Crippen MR) is 89.3 cm³/mol. The van der Waals surface area contributed by atoms with Gasteiger partial charge < -0.3 is 15.6 Å². The van der Waals surface area contributed by atoms with E-state index in [1.807, 2.05) is 18.7 Å². The molecule has 2 heterocycles. The molecule has 2 atom stereocenters. The molecule has 0 aromatic carbocycles. The number of rotatable bonds is 5. The summed E-state index contributed by atoms with van der Waals surface area (Å²) in [6.07, 6.45) is 5.44. The van der Waals surface area contributed by atoms with Crippen LogP contribution in [0, 0.1) is 5.92 Å². The Balaban J connectivity index is 2.16. The number of likely N-dealkylation sites (tertiary alicyclic amines) is 1. The van der Waals surface area contributed by atoms with Gasteiger partial charge in [-0.3, -0.25) is 9.78 Å². The Morgan fingerprint density at radius 2 is 2.32 bits per heavy atom. The van der Waals surface area contributed by atoms with Crippen molar-refractivity contribution in [1.82, 2.24) is 14.9 Å². The van der Waals surface area contributed by atoms with Crippen LogP contribution in [0.2, 0.25) is 0 Å². The van der Waals surface area contributed by atoms with E-state index in [1.165, 1.54) is 16.3 Å². The summed E-state index contributed by atoms with van der Waals surface area (Å²) >= 11 is 1.45. The number of aromatic nitrogens is 1. The van der Waals surface area contributed by atoms with Gasteiger partial charge in [0, 0.05) is 25.0 Å². The van der Waals surface area contributed by atoms with Crippen molar-refractivity contribution in [2.75, 3.05) is 6.54 Å². The van der Waals surface area contributed by atoms with Gasteiger partial charge in [-0.2, -0.15) is 0 Å². The zero-order chi connectivity index (χ0) is 16.3. The van der Waals surface area contributed by atoms with Crippen molar-refractivity contribution in [3.63, 3.8) is 0 Å². The first-order chi connectivity index (χ1) is 10.4. The average Bonchev–Trinajstić information content (AvgIpc) is 3.08. The molecule has 1 aliphatic heterocycles. The minimum absolute atomic E-state index is 0.0795. The molecule has 2 rings (SSSR count). The lowest BCUT2D eigenvalue weighted by molar-refractivity contribution is -0.138. The normalized spacial score (nSPS) is 20.5. The maximum absolute atomic E-state index is 12.8. The predicted octanol–water partition coefficient (Wildman–Crippen LogP) is 1.61. The Bertz CT molecular complexity index is 528. The van der Waals surface area contributed by atoms with E-state index in [4.69, 9.17) is 11.6 Å². The van der Waals surface area contributed by atoms with Crippen LogP contribution in [0.4, 0.5) is 0 Å². The van der Waals surface area contributed by atoms with Crippen molar-refractivity contribution in [2.24, 2.45) is 17.5 Å². The molecule has 1 amide bonds. The van der Waals surface area contributed by atoms with Crippen molar-refractivity contribution < 1.29 is 4.79 Å². The molecule has 1 fully saturated rings. The molecule has 6 nitrogen and oxygen atoms in total. The SMILES string of the molecule is CC(C)C(C(=O)N1CCCC1C)N(N)/C=C(\N)c1cncs1. The number of hydrogen-bond donors (Lipinski definition) is 2. The molecule has 1 saturated heterocycles. The van der Waals surface area contributed by atoms with Crippen LogP contribution in [0.5, 0.6) is 0 Å². The van der Waals surface area contributed by atoms with Crippen LogP contribution in [0.15, 0.2) is 17.9 Å². The number of carbonyl (C=O) groups is 1. The third-order valence-corrected chi connectivity index (χ3v) is 4.87. The first-order valence-corrected chi connectivity index (χ1v) is 8.49. The lowest BCUT2D eigenvalue weighted by atomic mass is 10.0. The average molecular weight is 323 g/mol. The van der Waals surface area contributed by atoms with Crippen molar-refractivity contribution in [1.29, 1.82) is 0 Å². The topological polar surface area (TPSA) is 88.5 Å². The fraction of sp³-hybridized carbons (Fsp3) is 0.600. The molecule has 122 valence electrons. The van der Waals surface area contributed by atoms with E-state index in [1.54, 1.807) is 17.9 Å². The van der Waals surface area contributed by atoms with E-state index in [2.05, 4.69) is 11.9 Å². The number of carbonyl (C=O) groups excluding carboxylic acids is 1. The summed E-state index contributed by atoms with van der Waals surface area (Å²) in [5, 5.41) is 1.45.